The zero-order valence-electron chi connectivity index (χ0n) is 15.0. The van der Waals surface area contributed by atoms with Crippen molar-refractivity contribution < 1.29 is 9.13 Å². The molecule has 1 N–H and O–H groups in total. The Morgan fingerprint density at radius 1 is 1.26 bits per heavy atom. The highest BCUT2D eigenvalue weighted by Gasteiger charge is 2.15. The molecule has 0 atom stereocenters. The monoisotopic (exact) mass is 362 g/mol. The zero-order chi connectivity index (χ0) is 18.8. The van der Waals surface area contributed by atoms with Crippen LogP contribution in [0, 0.1) is 17.1 Å². The van der Waals surface area contributed by atoms with Crippen LogP contribution in [-0.2, 0) is 0 Å². The van der Waals surface area contributed by atoms with E-state index in [1.807, 2.05) is 18.2 Å². The van der Waals surface area contributed by atoms with Crippen LogP contribution in [0.4, 0.5) is 10.1 Å². The van der Waals surface area contributed by atoms with Crippen molar-refractivity contribution in [3.05, 3.63) is 53.6 Å². The number of halogens is 1. The molecule has 1 aromatic heterocycles. The average molecular weight is 362 g/mol. The molecule has 6 heteroatoms. The molecule has 0 unspecified atom stereocenters. The van der Waals surface area contributed by atoms with Crippen molar-refractivity contribution in [3.8, 4) is 11.8 Å². The van der Waals surface area contributed by atoms with Gasteiger partial charge in [0.05, 0.1) is 23.7 Å². The number of anilines is 1. The number of hydrogen-bond donors (Lipinski definition) is 1. The molecule has 0 aliphatic carbocycles. The number of imidazole rings is 1. The third-order valence-corrected chi connectivity index (χ3v) is 4.82. The van der Waals surface area contributed by atoms with Crippen molar-refractivity contribution >= 4 is 28.4 Å². The fourth-order valence-corrected chi connectivity index (χ4v) is 3.36. The number of benzene rings is 2. The number of allylic oxidation sites excluding steroid dienone is 1. The Kier molecular flexibility index (Phi) is 4.51. The van der Waals surface area contributed by atoms with Gasteiger partial charge in [0.2, 0.25) is 0 Å². The third-order valence-electron chi connectivity index (χ3n) is 4.82. The van der Waals surface area contributed by atoms with Gasteiger partial charge in [0.15, 0.2) is 0 Å². The highest BCUT2D eigenvalue weighted by atomic mass is 19.1. The smallest absolute Gasteiger partial charge is 0.149 e. The predicted octanol–water partition coefficient (Wildman–Crippen LogP) is 4.37. The summed E-state index contributed by atoms with van der Waals surface area (Å²) in [6.07, 6.45) is 3.80. The fraction of sp³-hybridized carbons (Fsp3) is 0.238. The van der Waals surface area contributed by atoms with Gasteiger partial charge >= 0.3 is 0 Å². The largest absolute Gasteiger partial charge is 0.497 e. The van der Waals surface area contributed by atoms with Gasteiger partial charge < -0.3 is 14.6 Å². The van der Waals surface area contributed by atoms with E-state index in [4.69, 9.17) is 4.74 Å². The Bertz CT molecular complexity index is 1060. The molecule has 2 aromatic carbocycles. The van der Waals surface area contributed by atoms with E-state index in [2.05, 4.69) is 20.9 Å². The number of aromatic nitrogens is 2. The van der Waals surface area contributed by atoms with E-state index < -0.39 is 0 Å². The molecule has 136 valence electrons. The molecule has 1 fully saturated rings. The number of ether oxygens (including phenoxy) is 1. The number of nitrogens with zero attached hydrogens (tertiary/aromatic N) is 3. The summed E-state index contributed by atoms with van der Waals surface area (Å²) in [6.45, 7) is 1.92. The third kappa shape index (κ3) is 3.36. The maximum absolute atomic E-state index is 14.6. The second-order valence-corrected chi connectivity index (χ2v) is 6.54. The van der Waals surface area contributed by atoms with E-state index in [1.54, 1.807) is 19.2 Å². The molecule has 1 saturated heterocycles. The molecular formula is C21H19FN4O. The molecule has 0 saturated carbocycles. The predicted molar refractivity (Wildman–Crippen MR) is 104 cm³/mol. The maximum atomic E-state index is 14.6. The minimum absolute atomic E-state index is 0.276. The summed E-state index contributed by atoms with van der Waals surface area (Å²) < 4.78 is 19.8. The van der Waals surface area contributed by atoms with Gasteiger partial charge in [-0.3, -0.25) is 0 Å². The molecule has 3 aromatic rings. The summed E-state index contributed by atoms with van der Waals surface area (Å²) in [4.78, 5) is 9.71. The van der Waals surface area contributed by atoms with Gasteiger partial charge in [0.1, 0.15) is 23.5 Å². The molecule has 2 heterocycles. The van der Waals surface area contributed by atoms with Crippen molar-refractivity contribution in [2.24, 2.45) is 0 Å². The summed E-state index contributed by atoms with van der Waals surface area (Å²) in [5, 5.41) is 9.55. The first-order chi connectivity index (χ1) is 13.2. The Balaban J connectivity index is 1.68. The van der Waals surface area contributed by atoms with E-state index in [1.165, 1.54) is 12.1 Å². The van der Waals surface area contributed by atoms with Crippen molar-refractivity contribution in [2.45, 2.75) is 12.8 Å². The van der Waals surface area contributed by atoms with Crippen LogP contribution in [-0.4, -0.2) is 30.2 Å². The van der Waals surface area contributed by atoms with E-state index in [-0.39, 0.29) is 11.4 Å². The lowest BCUT2D eigenvalue weighted by Gasteiger charge is -2.17. The number of rotatable bonds is 4. The topological polar surface area (TPSA) is 64.9 Å². The van der Waals surface area contributed by atoms with Gasteiger partial charge in [0.25, 0.3) is 0 Å². The number of aromatic amines is 1. The van der Waals surface area contributed by atoms with Gasteiger partial charge in [-0.2, -0.15) is 5.26 Å². The molecule has 0 amide bonds. The van der Waals surface area contributed by atoms with E-state index in [0.29, 0.717) is 17.1 Å². The number of nitrogens with one attached hydrogen (secondary N) is 1. The van der Waals surface area contributed by atoms with Gasteiger partial charge in [-0.25, -0.2) is 9.37 Å². The minimum Gasteiger partial charge on any atom is -0.497 e. The first-order valence-electron chi connectivity index (χ1n) is 8.88. The maximum Gasteiger partial charge on any atom is 0.149 e. The first-order valence-corrected chi connectivity index (χ1v) is 8.88. The van der Waals surface area contributed by atoms with Crippen LogP contribution in [0.5, 0.6) is 5.75 Å². The van der Waals surface area contributed by atoms with Gasteiger partial charge in [-0.1, -0.05) is 0 Å². The molecule has 0 bridgehead atoms. The molecular weight excluding hydrogens is 343 g/mol. The Morgan fingerprint density at radius 2 is 2.07 bits per heavy atom. The van der Waals surface area contributed by atoms with Crippen molar-refractivity contribution in [1.29, 1.82) is 5.26 Å². The van der Waals surface area contributed by atoms with Crippen LogP contribution in [0.25, 0.3) is 22.7 Å². The van der Waals surface area contributed by atoms with E-state index in [9.17, 15) is 9.65 Å². The van der Waals surface area contributed by atoms with Crippen LogP contribution in [0.2, 0.25) is 0 Å². The quantitative estimate of drug-likeness (QED) is 0.700. The van der Waals surface area contributed by atoms with Gasteiger partial charge in [-0.05, 0) is 49.2 Å². The lowest BCUT2D eigenvalue weighted by molar-refractivity contribution is 0.415. The summed E-state index contributed by atoms with van der Waals surface area (Å²) in [5.74, 6) is 0.762. The van der Waals surface area contributed by atoms with Crippen LogP contribution < -0.4 is 9.64 Å². The van der Waals surface area contributed by atoms with Crippen molar-refractivity contribution in [1.82, 2.24) is 9.97 Å². The van der Waals surface area contributed by atoms with Gasteiger partial charge in [0, 0.05) is 30.4 Å². The minimum atomic E-state index is -0.343. The van der Waals surface area contributed by atoms with Crippen LogP contribution in [0.3, 0.4) is 0 Å². The number of H-pyrrole nitrogens is 1. The SMILES string of the molecule is COc1ccc2nc(/C(C#N)=C/c3ccc(N4CCCC4)cc3F)[nH]c2c1. The summed E-state index contributed by atoms with van der Waals surface area (Å²) in [6, 6.07) is 12.7. The fourth-order valence-electron chi connectivity index (χ4n) is 3.36. The molecule has 0 spiro atoms. The molecule has 27 heavy (non-hydrogen) atoms. The zero-order valence-corrected chi connectivity index (χ0v) is 15.0. The highest BCUT2D eigenvalue weighted by Crippen LogP contribution is 2.26. The van der Waals surface area contributed by atoms with Crippen molar-refractivity contribution in [2.75, 3.05) is 25.1 Å². The molecule has 5 nitrogen and oxygen atoms in total. The second-order valence-electron chi connectivity index (χ2n) is 6.54. The van der Waals surface area contributed by atoms with Crippen LogP contribution >= 0.6 is 0 Å². The normalized spacial score (nSPS) is 14.6. The Hall–Kier alpha value is -3.33. The van der Waals surface area contributed by atoms with E-state index in [0.717, 1.165) is 42.7 Å². The summed E-state index contributed by atoms with van der Waals surface area (Å²) in [7, 11) is 1.59. The number of fused-ring (bicyclic) bond motifs is 1. The lowest BCUT2D eigenvalue weighted by atomic mass is 10.1. The molecule has 4 rings (SSSR count). The van der Waals surface area contributed by atoms with Crippen molar-refractivity contribution in [3.63, 3.8) is 0 Å². The Morgan fingerprint density at radius 3 is 2.78 bits per heavy atom. The van der Waals surface area contributed by atoms with Crippen LogP contribution in [0.15, 0.2) is 36.4 Å². The van der Waals surface area contributed by atoms with Crippen LogP contribution in [0.1, 0.15) is 24.2 Å². The number of nitriles is 1. The number of hydrogen-bond acceptors (Lipinski definition) is 4. The molecule has 1 aliphatic heterocycles. The average Bonchev–Trinajstić information content (AvgIpc) is 3.36. The second kappa shape index (κ2) is 7.12. The standard InChI is InChI=1S/C21H19FN4O/c1-27-17-6-7-19-20(12-17)25-21(24-19)15(13-23)10-14-4-5-16(11-18(14)22)26-8-2-3-9-26/h4-7,10-12H,2-3,8-9H2,1H3,(H,24,25)/b15-10+. The number of methoxy groups -OCH3 is 1. The molecule has 0 radical (unpaired) electrons. The highest BCUT2D eigenvalue weighted by molar-refractivity contribution is 5.90. The Labute approximate surface area is 156 Å². The van der Waals surface area contributed by atoms with Gasteiger partial charge in [-0.15, -0.1) is 0 Å². The van der Waals surface area contributed by atoms with E-state index >= 15 is 0 Å². The summed E-state index contributed by atoms with van der Waals surface area (Å²) >= 11 is 0. The molecule has 1 aliphatic rings. The lowest BCUT2D eigenvalue weighted by Crippen LogP contribution is -2.17. The first kappa shape index (κ1) is 17.1. The summed E-state index contributed by atoms with van der Waals surface area (Å²) in [5.41, 5.74) is 3.01.